The number of nitrogens with one attached hydrogen (secondary N) is 1. The van der Waals surface area contributed by atoms with Gasteiger partial charge in [0.2, 0.25) is 11.8 Å². The number of fused-ring (bicyclic) bond motifs is 1. The molecule has 6 nitrogen and oxygen atoms in total. The van der Waals surface area contributed by atoms with Crippen LogP contribution in [0.1, 0.15) is 16.8 Å². The molecule has 0 spiro atoms. The van der Waals surface area contributed by atoms with Crippen molar-refractivity contribution in [1.82, 2.24) is 0 Å². The summed E-state index contributed by atoms with van der Waals surface area (Å²) >= 11 is 0. The number of methoxy groups -OCH3 is 1. The lowest BCUT2D eigenvalue weighted by atomic mass is 10.1. The number of nitrogens with zero attached hydrogens (tertiary/aromatic N) is 1. The minimum Gasteiger partial charge on any atom is -0.465 e. The minimum atomic E-state index is -0.443. The summed E-state index contributed by atoms with van der Waals surface area (Å²) in [7, 11) is 1.32. The Balaban J connectivity index is 1.49. The van der Waals surface area contributed by atoms with Crippen LogP contribution in [0, 0.1) is 5.92 Å². The largest absolute Gasteiger partial charge is 0.465 e. The molecule has 3 aromatic rings. The SMILES string of the molecule is COC(=O)c1ccc(NC(=O)[C@@H]2CC(=O)N(c3cccc4ccccc34)C2)cc1. The number of hydrogen-bond acceptors (Lipinski definition) is 4. The molecule has 146 valence electrons. The molecular weight excluding hydrogens is 368 g/mol. The molecule has 0 aliphatic carbocycles. The number of esters is 1. The zero-order valence-electron chi connectivity index (χ0n) is 15.9. The van der Waals surface area contributed by atoms with Crippen LogP contribution < -0.4 is 10.2 Å². The number of ether oxygens (including phenoxy) is 1. The number of benzene rings is 3. The van der Waals surface area contributed by atoms with Crippen LogP contribution in [0.3, 0.4) is 0 Å². The monoisotopic (exact) mass is 388 g/mol. The Bertz CT molecular complexity index is 1090. The molecule has 29 heavy (non-hydrogen) atoms. The fourth-order valence-corrected chi connectivity index (χ4v) is 3.61. The van der Waals surface area contributed by atoms with Crippen LogP contribution >= 0.6 is 0 Å². The van der Waals surface area contributed by atoms with Crippen molar-refractivity contribution in [3.05, 3.63) is 72.3 Å². The van der Waals surface area contributed by atoms with Gasteiger partial charge in [0.05, 0.1) is 24.3 Å². The standard InChI is InChI=1S/C23H20N2O4/c1-29-23(28)16-9-11-18(12-10-16)24-22(27)17-13-21(26)25(14-17)20-8-4-6-15-5-2-3-7-19(15)20/h2-12,17H,13-14H2,1H3,(H,24,27)/t17-/m1/s1. The van der Waals surface area contributed by atoms with E-state index in [-0.39, 0.29) is 18.2 Å². The van der Waals surface area contributed by atoms with E-state index in [2.05, 4.69) is 10.1 Å². The Kier molecular flexibility index (Phi) is 4.99. The molecule has 2 amide bonds. The second kappa shape index (κ2) is 7.75. The second-order valence-electron chi connectivity index (χ2n) is 6.96. The molecule has 0 saturated carbocycles. The first kappa shape index (κ1) is 18.7. The van der Waals surface area contributed by atoms with E-state index >= 15 is 0 Å². The van der Waals surface area contributed by atoms with Crippen molar-refractivity contribution < 1.29 is 19.1 Å². The molecule has 1 atom stereocenters. The van der Waals surface area contributed by atoms with Gasteiger partial charge in [0.1, 0.15) is 0 Å². The van der Waals surface area contributed by atoms with Crippen LogP contribution in [0.25, 0.3) is 10.8 Å². The van der Waals surface area contributed by atoms with Gasteiger partial charge in [-0.05, 0) is 35.7 Å². The van der Waals surface area contributed by atoms with E-state index in [0.29, 0.717) is 17.8 Å². The van der Waals surface area contributed by atoms with E-state index in [0.717, 1.165) is 16.5 Å². The molecule has 3 aromatic carbocycles. The molecule has 1 aliphatic rings. The van der Waals surface area contributed by atoms with Crippen molar-refractivity contribution in [3.63, 3.8) is 0 Å². The highest BCUT2D eigenvalue weighted by molar-refractivity contribution is 6.08. The Morgan fingerprint density at radius 3 is 2.48 bits per heavy atom. The van der Waals surface area contributed by atoms with Crippen molar-refractivity contribution in [2.24, 2.45) is 5.92 Å². The highest BCUT2D eigenvalue weighted by Gasteiger charge is 2.35. The molecule has 1 fully saturated rings. The number of rotatable bonds is 4. The van der Waals surface area contributed by atoms with Gasteiger partial charge in [0.15, 0.2) is 0 Å². The lowest BCUT2D eigenvalue weighted by Gasteiger charge is -2.19. The first-order valence-electron chi connectivity index (χ1n) is 9.34. The minimum absolute atomic E-state index is 0.0671. The summed E-state index contributed by atoms with van der Waals surface area (Å²) in [6.45, 7) is 0.332. The molecule has 6 heteroatoms. The van der Waals surface area contributed by atoms with Crippen LogP contribution in [-0.2, 0) is 14.3 Å². The lowest BCUT2D eigenvalue weighted by Crippen LogP contribution is -2.28. The first-order valence-corrected chi connectivity index (χ1v) is 9.34. The molecule has 0 radical (unpaired) electrons. The highest BCUT2D eigenvalue weighted by Crippen LogP contribution is 2.32. The number of anilines is 2. The number of hydrogen-bond donors (Lipinski definition) is 1. The Morgan fingerprint density at radius 2 is 1.72 bits per heavy atom. The molecule has 1 heterocycles. The van der Waals surface area contributed by atoms with E-state index in [1.807, 2.05) is 42.5 Å². The molecule has 0 bridgehead atoms. The lowest BCUT2D eigenvalue weighted by molar-refractivity contribution is -0.122. The molecular formula is C23H20N2O4. The van der Waals surface area contributed by atoms with Gasteiger partial charge >= 0.3 is 5.97 Å². The number of carbonyl (C=O) groups is 3. The van der Waals surface area contributed by atoms with Crippen LogP contribution in [0.15, 0.2) is 66.7 Å². The molecule has 0 unspecified atom stereocenters. The van der Waals surface area contributed by atoms with Crippen molar-refractivity contribution in [3.8, 4) is 0 Å². The summed E-state index contributed by atoms with van der Waals surface area (Å²) in [5.41, 5.74) is 1.80. The van der Waals surface area contributed by atoms with Gasteiger partial charge in [0.25, 0.3) is 0 Å². The third-order valence-electron chi connectivity index (χ3n) is 5.13. The van der Waals surface area contributed by atoms with Gasteiger partial charge in [-0.25, -0.2) is 4.79 Å². The van der Waals surface area contributed by atoms with E-state index in [1.54, 1.807) is 29.2 Å². The summed E-state index contributed by atoms with van der Waals surface area (Å²) in [6.07, 6.45) is 0.162. The second-order valence-corrected chi connectivity index (χ2v) is 6.96. The van der Waals surface area contributed by atoms with Crippen LogP contribution in [0.5, 0.6) is 0 Å². The summed E-state index contributed by atoms with van der Waals surface area (Å²) < 4.78 is 4.67. The molecule has 1 aliphatic heterocycles. The predicted molar refractivity (Wildman–Crippen MR) is 111 cm³/mol. The topological polar surface area (TPSA) is 75.7 Å². The van der Waals surface area contributed by atoms with Gasteiger partial charge < -0.3 is 15.0 Å². The van der Waals surface area contributed by atoms with Crippen molar-refractivity contribution >= 4 is 39.9 Å². The summed E-state index contributed by atoms with van der Waals surface area (Å²) in [5.74, 6) is -1.16. The smallest absolute Gasteiger partial charge is 0.337 e. The van der Waals surface area contributed by atoms with Crippen molar-refractivity contribution in [1.29, 1.82) is 0 Å². The zero-order chi connectivity index (χ0) is 20.4. The van der Waals surface area contributed by atoms with Crippen molar-refractivity contribution in [2.75, 3.05) is 23.9 Å². The summed E-state index contributed by atoms with van der Waals surface area (Å²) in [4.78, 5) is 38.5. The third kappa shape index (κ3) is 3.69. The van der Waals surface area contributed by atoms with E-state index in [1.165, 1.54) is 7.11 Å². The summed E-state index contributed by atoms with van der Waals surface area (Å²) in [6, 6.07) is 20.2. The quantitative estimate of drug-likeness (QED) is 0.693. The Hall–Kier alpha value is -3.67. The van der Waals surface area contributed by atoms with Crippen LogP contribution in [0.2, 0.25) is 0 Å². The van der Waals surface area contributed by atoms with Crippen molar-refractivity contribution in [2.45, 2.75) is 6.42 Å². The van der Waals surface area contributed by atoms with Crippen LogP contribution in [-0.4, -0.2) is 31.4 Å². The van der Waals surface area contributed by atoms with Crippen LogP contribution in [0.4, 0.5) is 11.4 Å². The van der Waals surface area contributed by atoms with E-state index in [4.69, 9.17) is 0 Å². The van der Waals surface area contributed by atoms with E-state index in [9.17, 15) is 14.4 Å². The van der Waals surface area contributed by atoms with Gasteiger partial charge in [-0.15, -0.1) is 0 Å². The Labute approximate surface area is 168 Å². The average Bonchev–Trinajstić information content (AvgIpc) is 3.15. The van der Waals surface area contributed by atoms with Gasteiger partial charge in [-0.3, -0.25) is 9.59 Å². The van der Waals surface area contributed by atoms with E-state index < -0.39 is 11.9 Å². The summed E-state index contributed by atoms with van der Waals surface area (Å²) in [5, 5.41) is 4.87. The maximum Gasteiger partial charge on any atom is 0.337 e. The predicted octanol–water partition coefficient (Wildman–Crippen LogP) is 3.62. The van der Waals surface area contributed by atoms with Gasteiger partial charge in [0, 0.05) is 24.0 Å². The number of amides is 2. The van der Waals surface area contributed by atoms with Gasteiger partial charge in [-0.1, -0.05) is 36.4 Å². The Morgan fingerprint density at radius 1 is 1.00 bits per heavy atom. The fraction of sp³-hybridized carbons (Fsp3) is 0.174. The molecule has 0 aromatic heterocycles. The normalized spacial score (nSPS) is 16.1. The average molecular weight is 388 g/mol. The highest BCUT2D eigenvalue weighted by atomic mass is 16.5. The van der Waals surface area contributed by atoms with Gasteiger partial charge in [-0.2, -0.15) is 0 Å². The maximum absolute atomic E-state index is 12.7. The molecule has 1 saturated heterocycles. The first-order chi connectivity index (χ1) is 14.1. The fourth-order valence-electron chi connectivity index (χ4n) is 3.61. The maximum atomic E-state index is 12.7. The molecule has 4 rings (SSSR count). The third-order valence-corrected chi connectivity index (χ3v) is 5.13. The number of carbonyl (C=O) groups excluding carboxylic acids is 3. The molecule has 1 N–H and O–H groups in total. The zero-order valence-corrected chi connectivity index (χ0v) is 15.9.